The zero-order valence-electron chi connectivity index (χ0n) is 14.5. The zero-order chi connectivity index (χ0) is 18.4. The summed E-state index contributed by atoms with van der Waals surface area (Å²) in [5.74, 6) is 0.607. The lowest BCUT2D eigenvalue weighted by atomic mass is 10.1. The van der Waals surface area contributed by atoms with Gasteiger partial charge in [0, 0.05) is 36.1 Å². The van der Waals surface area contributed by atoms with Gasteiger partial charge < -0.3 is 10.2 Å². The highest BCUT2D eigenvalue weighted by molar-refractivity contribution is 6.30. The van der Waals surface area contributed by atoms with Crippen molar-refractivity contribution in [3.05, 3.63) is 89.1 Å². The van der Waals surface area contributed by atoms with Crippen molar-refractivity contribution in [1.82, 2.24) is 10.3 Å². The van der Waals surface area contributed by atoms with Crippen molar-refractivity contribution in [2.75, 3.05) is 18.5 Å². The van der Waals surface area contributed by atoms with E-state index in [-0.39, 0.29) is 5.91 Å². The van der Waals surface area contributed by atoms with Gasteiger partial charge in [-0.25, -0.2) is 4.98 Å². The largest absolute Gasteiger partial charge is 0.352 e. The number of rotatable bonds is 6. The number of hydrogen-bond donors (Lipinski definition) is 1. The van der Waals surface area contributed by atoms with Gasteiger partial charge in [0.05, 0.1) is 0 Å². The molecular weight excluding hydrogens is 346 g/mol. The molecule has 132 valence electrons. The van der Waals surface area contributed by atoms with Crippen LogP contribution in [0, 0.1) is 0 Å². The normalized spacial score (nSPS) is 10.4. The average Bonchev–Trinajstić information content (AvgIpc) is 2.68. The van der Waals surface area contributed by atoms with Crippen LogP contribution in [0.25, 0.3) is 0 Å². The van der Waals surface area contributed by atoms with Crippen LogP contribution in [-0.2, 0) is 6.42 Å². The lowest BCUT2D eigenvalue weighted by molar-refractivity contribution is 0.0954. The molecule has 0 spiro atoms. The van der Waals surface area contributed by atoms with Crippen LogP contribution in [0.2, 0.25) is 5.02 Å². The number of halogens is 1. The highest BCUT2D eigenvalue weighted by Crippen LogP contribution is 2.21. The van der Waals surface area contributed by atoms with Crippen molar-refractivity contribution in [2.24, 2.45) is 0 Å². The maximum absolute atomic E-state index is 12.4. The van der Waals surface area contributed by atoms with E-state index < -0.39 is 0 Å². The molecular formula is C21H20ClN3O. The van der Waals surface area contributed by atoms with E-state index in [4.69, 9.17) is 11.6 Å². The Balaban J connectivity index is 1.63. The number of nitrogens with one attached hydrogen (secondary N) is 1. The Hall–Kier alpha value is -2.85. The van der Waals surface area contributed by atoms with E-state index in [1.165, 1.54) is 0 Å². The summed E-state index contributed by atoms with van der Waals surface area (Å²) in [6.45, 7) is 0.547. The van der Waals surface area contributed by atoms with Crippen LogP contribution in [0.5, 0.6) is 0 Å². The maximum Gasteiger partial charge on any atom is 0.251 e. The van der Waals surface area contributed by atoms with E-state index in [1.807, 2.05) is 66.5 Å². The minimum absolute atomic E-state index is 0.114. The molecule has 0 saturated carbocycles. The number of carbonyl (C=O) groups excluding carboxylic acids is 1. The number of pyridine rings is 1. The van der Waals surface area contributed by atoms with Crippen molar-refractivity contribution in [3.63, 3.8) is 0 Å². The SMILES string of the molecule is CN(c1ccccc1)c1cc(C(=O)NCCc2cccc(Cl)c2)ccn1. The van der Waals surface area contributed by atoms with Gasteiger partial charge >= 0.3 is 0 Å². The second-order valence-corrected chi connectivity index (χ2v) is 6.37. The van der Waals surface area contributed by atoms with Gasteiger partial charge in [0.15, 0.2) is 0 Å². The van der Waals surface area contributed by atoms with Gasteiger partial charge in [-0.05, 0) is 48.4 Å². The Labute approximate surface area is 158 Å². The predicted octanol–water partition coefficient (Wildman–Crippen LogP) is 4.48. The molecule has 4 nitrogen and oxygen atoms in total. The van der Waals surface area contributed by atoms with Crippen molar-refractivity contribution in [1.29, 1.82) is 0 Å². The summed E-state index contributed by atoms with van der Waals surface area (Å²) in [5, 5.41) is 3.65. The van der Waals surface area contributed by atoms with Crippen LogP contribution >= 0.6 is 11.6 Å². The Morgan fingerprint density at radius 2 is 1.88 bits per heavy atom. The van der Waals surface area contributed by atoms with Crippen LogP contribution in [0.1, 0.15) is 15.9 Å². The van der Waals surface area contributed by atoms with E-state index in [2.05, 4.69) is 10.3 Å². The first-order valence-electron chi connectivity index (χ1n) is 8.41. The first kappa shape index (κ1) is 18.0. The summed E-state index contributed by atoms with van der Waals surface area (Å²) in [7, 11) is 1.93. The standard InChI is InChI=1S/C21H20ClN3O/c1-25(19-8-3-2-4-9-19)20-15-17(11-13-23-20)21(26)24-12-10-16-6-5-7-18(22)14-16/h2-9,11,13-15H,10,12H2,1H3,(H,24,26). The van der Waals surface area contributed by atoms with Crippen molar-refractivity contribution in [2.45, 2.75) is 6.42 Å². The molecule has 1 N–H and O–H groups in total. The van der Waals surface area contributed by atoms with Crippen LogP contribution in [0.3, 0.4) is 0 Å². The topological polar surface area (TPSA) is 45.2 Å². The van der Waals surface area contributed by atoms with Crippen LogP contribution in [0.15, 0.2) is 72.9 Å². The van der Waals surface area contributed by atoms with E-state index in [1.54, 1.807) is 18.3 Å². The van der Waals surface area contributed by atoms with Gasteiger partial charge in [-0.2, -0.15) is 0 Å². The number of carbonyl (C=O) groups is 1. The molecule has 0 fully saturated rings. The predicted molar refractivity (Wildman–Crippen MR) is 106 cm³/mol. The van der Waals surface area contributed by atoms with E-state index in [0.717, 1.165) is 23.5 Å². The number of nitrogens with zero attached hydrogens (tertiary/aromatic N) is 2. The van der Waals surface area contributed by atoms with Crippen molar-refractivity contribution < 1.29 is 4.79 Å². The molecule has 0 aliphatic heterocycles. The first-order valence-corrected chi connectivity index (χ1v) is 8.79. The molecule has 0 aliphatic carbocycles. The third-order valence-electron chi connectivity index (χ3n) is 4.08. The number of anilines is 2. The summed E-state index contributed by atoms with van der Waals surface area (Å²) in [6, 6.07) is 21.1. The number of benzene rings is 2. The Bertz CT molecular complexity index is 883. The fourth-order valence-electron chi connectivity index (χ4n) is 2.64. The molecule has 0 unspecified atom stereocenters. The van der Waals surface area contributed by atoms with Gasteiger partial charge in [0.25, 0.3) is 5.91 Å². The quantitative estimate of drug-likeness (QED) is 0.700. The number of amides is 1. The van der Waals surface area contributed by atoms with E-state index in [9.17, 15) is 4.79 Å². The van der Waals surface area contributed by atoms with E-state index in [0.29, 0.717) is 17.1 Å². The summed E-state index contributed by atoms with van der Waals surface area (Å²) in [6.07, 6.45) is 2.38. The van der Waals surface area contributed by atoms with Crippen molar-refractivity contribution in [3.8, 4) is 0 Å². The molecule has 1 heterocycles. The van der Waals surface area contributed by atoms with E-state index >= 15 is 0 Å². The molecule has 0 saturated heterocycles. The van der Waals surface area contributed by atoms with Gasteiger partial charge in [-0.1, -0.05) is 41.9 Å². The highest BCUT2D eigenvalue weighted by atomic mass is 35.5. The lowest BCUT2D eigenvalue weighted by Gasteiger charge is -2.18. The third-order valence-corrected chi connectivity index (χ3v) is 4.32. The lowest BCUT2D eigenvalue weighted by Crippen LogP contribution is -2.26. The molecule has 3 rings (SSSR count). The Morgan fingerprint density at radius 3 is 2.65 bits per heavy atom. The minimum Gasteiger partial charge on any atom is -0.352 e. The molecule has 2 aromatic carbocycles. The average molecular weight is 366 g/mol. The second-order valence-electron chi connectivity index (χ2n) is 5.93. The Morgan fingerprint density at radius 1 is 1.08 bits per heavy atom. The van der Waals surface area contributed by atoms with Gasteiger partial charge in [-0.3, -0.25) is 4.79 Å². The highest BCUT2D eigenvalue weighted by Gasteiger charge is 2.10. The number of para-hydroxylation sites is 1. The molecule has 0 aliphatic rings. The fraction of sp³-hybridized carbons (Fsp3) is 0.143. The Kier molecular flexibility index (Phi) is 5.87. The monoisotopic (exact) mass is 365 g/mol. The third kappa shape index (κ3) is 4.61. The molecule has 26 heavy (non-hydrogen) atoms. The second kappa shape index (κ2) is 8.50. The zero-order valence-corrected chi connectivity index (χ0v) is 15.3. The minimum atomic E-state index is -0.114. The molecule has 0 radical (unpaired) electrons. The molecule has 1 amide bonds. The molecule has 1 aromatic heterocycles. The fourth-order valence-corrected chi connectivity index (χ4v) is 2.85. The maximum atomic E-state index is 12.4. The molecule has 0 atom stereocenters. The van der Waals surface area contributed by atoms with Crippen molar-refractivity contribution >= 4 is 29.0 Å². The van der Waals surface area contributed by atoms with Crippen LogP contribution < -0.4 is 10.2 Å². The summed E-state index contributed by atoms with van der Waals surface area (Å²) in [4.78, 5) is 18.7. The smallest absolute Gasteiger partial charge is 0.251 e. The van der Waals surface area contributed by atoms with Gasteiger partial charge in [0.1, 0.15) is 5.82 Å². The summed E-state index contributed by atoms with van der Waals surface area (Å²) >= 11 is 5.98. The summed E-state index contributed by atoms with van der Waals surface area (Å²) < 4.78 is 0. The van der Waals surface area contributed by atoms with Crippen LogP contribution in [0.4, 0.5) is 11.5 Å². The van der Waals surface area contributed by atoms with Gasteiger partial charge in [0.2, 0.25) is 0 Å². The molecule has 0 bridgehead atoms. The summed E-state index contributed by atoms with van der Waals surface area (Å²) in [5.41, 5.74) is 2.69. The van der Waals surface area contributed by atoms with Crippen LogP contribution in [-0.4, -0.2) is 24.5 Å². The number of aromatic nitrogens is 1. The number of hydrogen-bond acceptors (Lipinski definition) is 3. The molecule has 5 heteroatoms. The van der Waals surface area contributed by atoms with Gasteiger partial charge in [-0.15, -0.1) is 0 Å². The molecule has 3 aromatic rings. The first-order chi connectivity index (χ1) is 12.6.